The van der Waals surface area contributed by atoms with Crippen LogP contribution in [0.15, 0.2) is 24.3 Å². The van der Waals surface area contributed by atoms with Crippen LogP contribution in [0.1, 0.15) is 35.7 Å². The van der Waals surface area contributed by atoms with Crippen molar-refractivity contribution in [2.45, 2.75) is 32.4 Å². The minimum atomic E-state index is -0.868. The molecule has 16 heavy (non-hydrogen) atoms. The van der Waals surface area contributed by atoms with Gasteiger partial charge in [-0.15, -0.1) is 0 Å². The quantitative estimate of drug-likeness (QED) is 0.816. The van der Waals surface area contributed by atoms with Crippen molar-refractivity contribution in [2.75, 3.05) is 0 Å². The van der Waals surface area contributed by atoms with Crippen molar-refractivity contribution in [3.8, 4) is 0 Å². The van der Waals surface area contributed by atoms with Crippen LogP contribution in [-0.2, 0) is 6.54 Å². The van der Waals surface area contributed by atoms with Gasteiger partial charge in [0, 0.05) is 12.6 Å². The SMILES string of the molecule is CC1CC(NCc2ccc(C(=O)O)cc2)C1. The Balaban J connectivity index is 1.83. The van der Waals surface area contributed by atoms with Crippen LogP contribution in [0.4, 0.5) is 0 Å². The van der Waals surface area contributed by atoms with Gasteiger partial charge < -0.3 is 10.4 Å². The second kappa shape index (κ2) is 4.66. The molecule has 86 valence electrons. The summed E-state index contributed by atoms with van der Waals surface area (Å²) in [6, 6.07) is 7.71. The fourth-order valence-corrected chi connectivity index (χ4v) is 2.10. The molecule has 2 rings (SSSR count). The summed E-state index contributed by atoms with van der Waals surface area (Å²) in [4.78, 5) is 10.7. The number of carboxylic acids is 1. The first-order chi connectivity index (χ1) is 7.65. The van der Waals surface area contributed by atoms with Crippen LogP contribution in [-0.4, -0.2) is 17.1 Å². The van der Waals surface area contributed by atoms with Crippen LogP contribution in [0.5, 0.6) is 0 Å². The zero-order chi connectivity index (χ0) is 11.5. The Labute approximate surface area is 95.5 Å². The Morgan fingerprint density at radius 1 is 1.38 bits per heavy atom. The van der Waals surface area contributed by atoms with E-state index in [-0.39, 0.29) is 0 Å². The van der Waals surface area contributed by atoms with Crippen molar-refractivity contribution in [1.29, 1.82) is 0 Å². The second-order valence-corrected chi connectivity index (χ2v) is 4.66. The fourth-order valence-electron chi connectivity index (χ4n) is 2.10. The van der Waals surface area contributed by atoms with E-state index < -0.39 is 5.97 Å². The van der Waals surface area contributed by atoms with Crippen molar-refractivity contribution in [1.82, 2.24) is 5.32 Å². The molecule has 2 N–H and O–H groups in total. The fraction of sp³-hybridized carbons (Fsp3) is 0.462. The summed E-state index contributed by atoms with van der Waals surface area (Å²) in [7, 11) is 0. The number of carboxylic acid groups (broad SMARTS) is 1. The van der Waals surface area contributed by atoms with E-state index in [1.54, 1.807) is 12.1 Å². The highest BCUT2D eigenvalue weighted by Crippen LogP contribution is 2.26. The van der Waals surface area contributed by atoms with Crippen LogP contribution >= 0.6 is 0 Å². The molecule has 0 spiro atoms. The average molecular weight is 219 g/mol. The van der Waals surface area contributed by atoms with E-state index in [1.165, 1.54) is 12.8 Å². The largest absolute Gasteiger partial charge is 0.478 e. The molecule has 3 nitrogen and oxygen atoms in total. The van der Waals surface area contributed by atoms with Gasteiger partial charge in [0.15, 0.2) is 0 Å². The molecule has 0 aliphatic heterocycles. The van der Waals surface area contributed by atoms with Gasteiger partial charge in [0.05, 0.1) is 5.56 Å². The number of benzene rings is 1. The van der Waals surface area contributed by atoms with Crippen molar-refractivity contribution in [2.24, 2.45) is 5.92 Å². The van der Waals surface area contributed by atoms with Gasteiger partial charge >= 0.3 is 5.97 Å². The molecule has 0 unspecified atom stereocenters. The lowest BCUT2D eigenvalue weighted by atomic mass is 9.82. The summed E-state index contributed by atoms with van der Waals surface area (Å²) in [6.07, 6.45) is 2.51. The maximum Gasteiger partial charge on any atom is 0.335 e. The van der Waals surface area contributed by atoms with Crippen LogP contribution in [0.2, 0.25) is 0 Å². The zero-order valence-corrected chi connectivity index (χ0v) is 9.44. The van der Waals surface area contributed by atoms with Gasteiger partial charge in [0.25, 0.3) is 0 Å². The highest BCUT2D eigenvalue weighted by atomic mass is 16.4. The third kappa shape index (κ3) is 2.61. The van der Waals surface area contributed by atoms with Crippen LogP contribution in [0.3, 0.4) is 0 Å². The standard InChI is InChI=1S/C13H17NO2/c1-9-6-12(7-9)14-8-10-2-4-11(5-3-10)13(15)16/h2-5,9,12,14H,6-8H2,1H3,(H,15,16). The second-order valence-electron chi connectivity index (χ2n) is 4.66. The maximum absolute atomic E-state index is 10.7. The molecule has 1 aliphatic rings. The van der Waals surface area contributed by atoms with Gasteiger partial charge in [0.1, 0.15) is 0 Å². The minimum Gasteiger partial charge on any atom is -0.478 e. The zero-order valence-electron chi connectivity index (χ0n) is 9.44. The first-order valence-corrected chi connectivity index (χ1v) is 5.71. The summed E-state index contributed by atoms with van der Waals surface area (Å²) in [5, 5.41) is 12.2. The summed E-state index contributed by atoms with van der Waals surface area (Å²) in [6.45, 7) is 3.09. The minimum absolute atomic E-state index is 0.348. The van der Waals surface area contributed by atoms with E-state index >= 15 is 0 Å². The lowest BCUT2D eigenvalue weighted by Crippen LogP contribution is -2.39. The first kappa shape index (κ1) is 11.1. The van der Waals surface area contributed by atoms with Crippen LogP contribution in [0, 0.1) is 5.92 Å². The monoisotopic (exact) mass is 219 g/mol. The molecule has 0 saturated heterocycles. The third-order valence-electron chi connectivity index (χ3n) is 3.17. The molecule has 1 aromatic rings. The van der Waals surface area contributed by atoms with Crippen LogP contribution < -0.4 is 5.32 Å². The molecule has 0 amide bonds. The molecule has 0 atom stereocenters. The van der Waals surface area contributed by atoms with Gasteiger partial charge in [0.2, 0.25) is 0 Å². The Bertz CT molecular complexity index is 366. The lowest BCUT2D eigenvalue weighted by Gasteiger charge is -2.33. The number of hydrogen-bond donors (Lipinski definition) is 2. The molecule has 0 radical (unpaired) electrons. The molecule has 0 bridgehead atoms. The highest BCUT2D eigenvalue weighted by molar-refractivity contribution is 5.87. The summed E-state index contributed by atoms with van der Waals surface area (Å²) < 4.78 is 0. The van der Waals surface area contributed by atoms with E-state index in [2.05, 4.69) is 12.2 Å². The number of hydrogen-bond acceptors (Lipinski definition) is 2. The van der Waals surface area contributed by atoms with Gasteiger partial charge in [-0.2, -0.15) is 0 Å². The summed E-state index contributed by atoms with van der Waals surface area (Å²) in [5.74, 6) is -0.0146. The van der Waals surface area contributed by atoms with E-state index in [1.807, 2.05) is 12.1 Å². The maximum atomic E-state index is 10.7. The normalized spacial score (nSPS) is 23.8. The van der Waals surface area contributed by atoms with Crippen molar-refractivity contribution in [3.63, 3.8) is 0 Å². The molecule has 1 saturated carbocycles. The van der Waals surface area contributed by atoms with Crippen molar-refractivity contribution < 1.29 is 9.90 Å². The topological polar surface area (TPSA) is 49.3 Å². The highest BCUT2D eigenvalue weighted by Gasteiger charge is 2.24. The predicted molar refractivity (Wildman–Crippen MR) is 62.4 cm³/mol. The van der Waals surface area contributed by atoms with E-state index in [0.717, 1.165) is 18.0 Å². The molecule has 1 aliphatic carbocycles. The van der Waals surface area contributed by atoms with Crippen molar-refractivity contribution in [3.05, 3.63) is 35.4 Å². The van der Waals surface area contributed by atoms with E-state index in [4.69, 9.17) is 5.11 Å². The van der Waals surface area contributed by atoms with Gasteiger partial charge in [-0.05, 0) is 36.5 Å². The van der Waals surface area contributed by atoms with Crippen molar-refractivity contribution >= 4 is 5.97 Å². The molecule has 3 heteroatoms. The Morgan fingerprint density at radius 2 is 2.00 bits per heavy atom. The Kier molecular flexibility index (Phi) is 3.25. The number of carbonyl (C=O) groups is 1. The van der Waals surface area contributed by atoms with Gasteiger partial charge in [-0.1, -0.05) is 19.1 Å². The van der Waals surface area contributed by atoms with Gasteiger partial charge in [-0.3, -0.25) is 0 Å². The van der Waals surface area contributed by atoms with E-state index in [0.29, 0.717) is 11.6 Å². The summed E-state index contributed by atoms with van der Waals surface area (Å²) in [5.41, 5.74) is 1.49. The predicted octanol–water partition coefficient (Wildman–Crippen LogP) is 2.27. The smallest absolute Gasteiger partial charge is 0.335 e. The molecule has 0 aromatic heterocycles. The summed E-state index contributed by atoms with van der Waals surface area (Å²) >= 11 is 0. The molecule has 1 fully saturated rings. The average Bonchev–Trinajstić information content (AvgIpc) is 2.23. The Hall–Kier alpha value is -1.35. The van der Waals surface area contributed by atoms with Gasteiger partial charge in [-0.25, -0.2) is 4.79 Å². The third-order valence-corrected chi connectivity index (χ3v) is 3.17. The molecule has 1 aromatic carbocycles. The van der Waals surface area contributed by atoms with Crippen LogP contribution in [0.25, 0.3) is 0 Å². The lowest BCUT2D eigenvalue weighted by molar-refractivity contribution is 0.0697. The number of nitrogens with one attached hydrogen (secondary N) is 1. The Morgan fingerprint density at radius 3 is 2.50 bits per heavy atom. The molecular weight excluding hydrogens is 202 g/mol. The number of aromatic carboxylic acids is 1. The van der Waals surface area contributed by atoms with E-state index in [9.17, 15) is 4.79 Å². The molecule has 0 heterocycles. The number of rotatable bonds is 4. The molecular formula is C13H17NO2. The first-order valence-electron chi connectivity index (χ1n) is 5.71.